The number of rotatable bonds is 2. The van der Waals surface area contributed by atoms with Crippen LogP contribution in [0.4, 0.5) is 0 Å². The molecule has 24 heavy (non-hydrogen) atoms. The van der Waals surface area contributed by atoms with Gasteiger partial charge in [0.25, 0.3) is 5.91 Å². The lowest BCUT2D eigenvalue weighted by atomic mass is 10.1. The summed E-state index contributed by atoms with van der Waals surface area (Å²) in [6.07, 6.45) is 0.455. The zero-order valence-corrected chi connectivity index (χ0v) is 14.0. The first-order valence-corrected chi connectivity index (χ1v) is 9.69. The number of carbonyl (C=O) groups is 1. The second kappa shape index (κ2) is 5.34. The summed E-state index contributed by atoms with van der Waals surface area (Å²) in [4.78, 5) is 12.5. The maximum Gasteiger partial charge on any atom is 0.287 e. The number of benzene rings is 2. The predicted molar refractivity (Wildman–Crippen MR) is 93.0 cm³/mol. The van der Waals surface area contributed by atoms with E-state index in [1.807, 2.05) is 43.3 Å². The SMILES string of the molecule is Cc1c(C(=O)NC2CCS(=O)(=O)C2)oc2c1ccc1ccccc12. The largest absolute Gasteiger partial charge is 0.450 e. The molecule has 1 N–H and O–H groups in total. The molecule has 5 nitrogen and oxygen atoms in total. The van der Waals surface area contributed by atoms with Crippen LogP contribution in [0.2, 0.25) is 0 Å². The van der Waals surface area contributed by atoms with Gasteiger partial charge in [0, 0.05) is 22.4 Å². The molecule has 6 heteroatoms. The zero-order chi connectivity index (χ0) is 16.9. The average Bonchev–Trinajstić information content (AvgIpc) is 3.07. The van der Waals surface area contributed by atoms with Crippen LogP contribution in [-0.4, -0.2) is 31.9 Å². The molecule has 2 heterocycles. The fraction of sp³-hybridized carbons (Fsp3) is 0.278. The molecule has 0 radical (unpaired) electrons. The second-order valence-corrected chi connectivity index (χ2v) is 8.52. The normalized spacial score (nSPS) is 19.8. The fourth-order valence-corrected chi connectivity index (χ4v) is 5.00. The molecule has 0 saturated carbocycles. The van der Waals surface area contributed by atoms with E-state index in [9.17, 15) is 13.2 Å². The molecule has 1 saturated heterocycles. The Labute approximate surface area is 139 Å². The van der Waals surface area contributed by atoms with Gasteiger partial charge in [0.1, 0.15) is 5.58 Å². The van der Waals surface area contributed by atoms with Crippen molar-refractivity contribution < 1.29 is 17.6 Å². The van der Waals surface area contributed by atoms with E-state index in [2.05, 4.69) is 5.32 Å². The van der Waals surface area contributed by atoms with Gasteiger partial charge in [-0.3, -0.25) is 4.79 Å². The van der Waals surface area contributed by atoms with Crippen molar-refractivity contribution >= 4 is 37.5 Å². The number of sulfone groups is 1. The van der Waals surface area contributed by atoms with Crippen molar-refractivity contribution in [1.29, 1.82) is 0 Å². The van der Waals surface area contributed by atoms with E-state index in [1.54, 1.807) is 0 Å². The van der Waals surface area contributed by atoms with Crippen molar-refractivity contribution in [1.82, 2.24) is 5.32 Å². The van der Waals surface area contributed by atoms with Gasteiger partial charge in [-0.15, -0.1) is 0 Å². The van der Waals surface area contributed by atoms with Crippen molar-refractivity contribution in [3.05, 3.63) is 47.7 Å². The summed E-state index contributed by atoms with van der Waals surface area (Å²) in [5, 5.41) is 5.70. The Hall–Kier alpha value is -2.34. The van der Waals surface area contributed by atoms with Gasteiger partial charge in [0.05, 0.1) is 11.5 Å². The van der Waals surface area contributed by atoms with Crippen LogP contribution in [0.25, 0.3) is 21.7 Å². The van der Waals surface area contributed by atoms with E-state index in [4.69, 9.17) is 4.42 Å². The molecule has 1 fully saturated rings. The summed E-state index contributed by atoms with van der Waals surface area (Å²) in [5.74, 6) is 0.0309. The standard InChI is InChI=1S/C18H17NO4S/c1-11-14-7-6-12-4-2-3-5-15(12)17(14)23-16(11)18(20)19-13-8-9-24(21,22)10-13/h2-7,13H,8-10H2,1H3,(H,19,20). The van der Waals surface area contributed by atoms with E-state index in [-0.39, 0.29) is 29.2 Å². The molecule has 2 aromatic carbocycles. The Morgan fingerprint density at radius 2 is 1.96 bits per heavy atom. The van der Waals surface area contributed by atoms with E-state index < -0.39 is 9.84 Å². The third-order valence-corrected chi connectivity index (χ3v) is 6.37. The van der Waals surface area contributed by atoms with Gasteiger partial charge >= 0.3 is 0 Å². The number of nitrogens with one attached hydrogen (secondary N) is 1. The summed E-state index contributed by atoms with van der Waals surface area (Å²) in [6, 6.07) is 11.5. The molecule has 1 unspecified atom stereocenters. The number of furan rings is 1. The molecule has 1 amide bonds. The number of amides is 1. The summed E-state index contributed by atoms with van der Waals surface area (Å²) in [5.41, 5.74) is 1.46. The molecule has 0 bridgehead atoms. The van der Waals surface area contributed by atoms with Crippen molar-refractivity contribution in [3.8, 4) is 0 Å². The molecule has 3 aromatic rings. The first-order chi connectivity index (χ1) is 11.4. The molecular formula is C18H17NO4S. The first kappa shape index (κ1) is 15.2. The fourth-order valence-electron chi connectivity index (χ4n) is 3.33. The summed E-state index contributed by atoms with van der Waals surface area (Å²) >= 11 is 0. The van der Waals surface area contributed by atoms with Crippen molar-refractivity contribution in [2.45, 2.75) is 19.4 Å². The van der Waals surface area contributed by atoms with Crippen molar-refractivity contribution in [2.24, 2.45) is 0 Å². The molecule has 1 atom stereocenters. The van der Waals surface area contributed by atoms with Gasteiger partial charge in [-0.25, -0.2) is 8.42 Å². The number of hydrogen-bond acceptors (Lipinski definition) is 4. The Morgan fingerprint density at radius 1 is 1.17 bits per heavy atom. The predicted octanol–water partition coefficient (Wildman–Crippen LogP) is 2.81. The Kier molecular flexibility index (Phi) is 3.38. The minimum Gasteiger partial charge on any atom is -0.450 e. The molecular weight excluding hydrogens is 326 g/mol. The van der Waals surface area contributed by atoms with Crippen molar-refractivity contribution in [2.75, 3.05) is 11.5 Å². The van der Waals surface area contributed by atoms with E-state index in [1.165, 1.54) is 0 Å². The zero-order valence-electron chi connectivity index (χ0n) is 13.2. The van der Waals surface area contributed by atoms with Crippen LogP contribution >= 0.6 is 0 Å². The van der Waals surface area contributed by atoms with Crippen LogP contribution < -0.4 is 5.32 Å². The average molecular weight is 343 g/mol. The third kappa shape index (κ3) is 2.47. The monoisotopic (exact) mass is 343 g/mol. The third-order valence-electron chi connectivity index (χ3n) is 4.60. The van der Waals surface area contributed by atoms with Crippen LogP contribution in [-0.2, 0) is 9.84 Å². The summed E-state index contributed by atoms with van der Waals surface area (Å²) in [7, 11) is -3.03. The molecule has 0 aliphatic carbocycles. The topological polar surface area (TPSA) is 76.4 Å². The van der Waals surface area contributed by atoms with Crippen molar-refractivity contribution in [3.63, 3.8) is 0 Å². The number of aryl methyl sites for hydroxylation is 1. The van der Waals surface area contributed by atoms with Crippen LogP contribution in [0.1, 0.15) is 22.5 Å². The molecule has 0 spiro atoms. The number of fused-ring (bicyclic) bond motifs is 3. The van der Waals surface area contributed by atoms with E-state index >= 15 is 0 Å². The van der Waals surface area contributed by atoms with Gasteiger partial charge in [0.2, 0.25) is 0 Å². The lowest BCUT2D eigenvalue weighted by Crippen LogP contribution is -2.35. The lowest BCUT2D eigenvalue weighted by Gasteiger charge is -2.09. The van der Waals surface area contributed by atoms with Gasteiger partial charge in [-0.2, -0.15) is 0 Å². The number of hydrogen-bond donors (Lipinski definition) is 1. The first-order valence-electron chi connectivity index (χ1n) is 7.87. The summed E-state index contributed by atoms with van der Waals surface area (Å²) < 4.78 is 29.0. The van der Waals surface area contributed by atoms with Crippen LogP contribution in [0.15, 0.2) is 40.8 Å². The molecule has 1 aromatic heterocycles. The highest BCUT2D eigenvalue weighted by Crippen LogP contribution is 2.31. The Bertz CT molecular complexity index is 1070. The van der Waals surface area contributed by atoms with Gasteiger partial charge in [0.15, 0.2) is 15.6 Å². The van der Waals surface area contributed by atoms with Crippen LogP contribution in [0, 0.1) is 6.92 Å². The van der Waals surface area contributed by atoms with Gasteiger partial charge in [-0.05, 0) is 18.7 Å². The van der Waals surface area contributed by atoms with E-state index in [0.29, 0.717) is 12.0 Å². The quantitative estimate of drug-likeness (QED) is 0.776. The minimum atomic E-state index is -3.03. The second-order valence-electron chi connectivity index (χ2n) is 6.29. The smallest absolute Gasteiger partial charge is 0.287 e. The van der Waals surface area contributed by atoms with E-state index in [0.717, 1.165) is 21.7 Å². The van der Waals surface area contributed by atoms with Crippen LogP contribution in [0.5, 0.6) is 0 Å². The highest BCUT2D eigenvalue weighted by Gasteiger charge is 2.30. The lowest BCUT2D eigenvalue weighted by molar-refractivity contribution is 0.0914. The van der Waals surface area contributed by atoms with Gasteiger partial charge < -0.3 is 9.73 Å². The number of carbonyl (C=O) groups excluding carboxylic acids is 1. The maximum absolute atomic E-state index is 12.5. The Balaban J connectivity index is 1.73. The maximum atomic E-state index is 12.5. The minimum absolute atomic E-state index is 0.000939. The van der Waals surface area contributed by atoms with Gasteiger partial charge in [-0.1, -0.05) is 36.4 Å². The highest BCUT2D eigenvalue weighted by molar-refractivity contribution is 7.91. The highest BCUT2D eigenvalue weighted by atomic mass is 32.2. The molecule has 124 valence electrons. The Morgan fingerprint density at radius 3 is 2.71 bits per heavy atom. The molecule has 1 aliphatic heterocycles. The van der Waals surface area contributed by atoms with Crippen LogP contribution in [0.3, 0.4) is 0 Å². The molecule has 1 aliphatic rings. The summed E-state index contributed by atoms with van der Waals surface area (Å²) in [6.45, 7) is 1.85. The molecule has 4 rings (SSSR count).